The summed E-state index contributed by atoms with van der Waals surface area (Å²) in [5.41, 5.74) is 4.31. The van der Waals surface area contributed by atoms with E-state index in [2.05, 4.69) is 10.5 Å². The Kier molecular flexibility index (Phi) is 6.36. The van der Waals surface area contributed by atoms with Gasteiger partial charge in [0.1, 0.15) is 11.8 Å². The van der Waals surface area contributed by atoms with E-state index in [1.807, 2.05) is 48.5 Å². The summed E-state index contributed by atoms with van der Waals surface area (Å²) in [6.45, 7) is -0.0334. The normalized spacial score (nSPS) is 10.2. The average Bonchev–Trinajstić information content (AvgIpc) is 2.60. The van der Waals surface area contributed by atoms with Crippen LogP contribution in [-0.4, -0.2) is 18.7 Å². The van der Waals surface area contributed by atoms with Crippen molar-refractivity contribution in [2.75, 3.05) is 6.61 Å². The molecule has 0 spiro atoms. The van der Waals surface area contributed by atoms with E-state index in [0.717, 1.165) is 5.56 Å². The zero-order valence-electron chi connectivity index (χ0n) is 12.6. The van der Waals surface area contributed by atoms with E-state index >= 15 is 0 Å². The maximum Gasteiger partial charge on any atom is 0.240 e. The quantitative estimate of drug-likeness (QED) is 0.631. The van der Waals surface area contributed by atoms with Gasteiger partial charge in [0.25, 0.3) is 0 Å². The van der Waals surface area contributed by atoms with Crippen molar-refractivity contribution in [3.05, 3.63) is 65.7 Å². The molecule has 116 valence electrons. The summed E-state index contributed by atoms with van der Waals surface area (Å²) in [5, 5.41) is 12.5. The summed E-state index contributed by atoms with van der Waals surface area (Å²) < 4.78 is 5.28. The molecule has 0 aliphatic heterocycles. The Hall–Kier alpha value is -3.13. The van der Waals surface area contributed by atoms with Crippen LogP contribution in [0.5, 0.6) is 5.75 Å². The predicted molar refractivity (Wildman–Crippen MR) is 88.0 cm³/mol. The van der Waals surface area contributed by atoms with Gasteiger partial charge in [0, 0.05) is 12.0 Å². The number of nitrogens with zero attached hydrogens (tertiary/aromatic N) is 2. The van der Waals surface area contributed by atoms with Crippen LogP contribution in [0.4, 0.5) is 0 Å². The third-order valence-corrected chi connectivity index (χ3v) is 3.09. The Bertz CT molecular complexity index is 706. The lowest BCUT2D eigenvalue weighted by atomic mass is 10.1. The number of carbonyl (C=O) groups is 1. The van der Waals surface area contributed by atoms with Gasteiger partial charge in [-0.2, -0.15) is 10.4 Å². The molecule has 2 aromatic rings. The van der Waals surface area contributed by atoms with Crippen LogP contribution < -0.4 is 10.2 Å². The van der Waals surface area contributed by atoms with Crippen molar-refractivity contribution in [1.29, 1.82) is 5.26 Å². The van der Waals surface area contributed by atoms with Crippen LogP contribution in [0.1, 0.15) is 17.5 Å². The number of amides is 1. The molecule has 0 saturated carbocycles. The first kappa shape index (κ1) is 16.2. The number of aryl methyl sites for hydroxylation is 1. The lowest BCUT2D eigenvalue weighted by molar-refractivity contribution is -0.121. The fraction of sp³-hybridized carbons (Fsp3) is 0.167. The van der Waals surface area contributed by atoms with Crippen molar-refractivity contribution in [3.63, 3.8) is 0 Å². The molecule has 0 fully saturated rings. The van der Waals surface area contributed by atoms with E-state index in [4.69, 9.17) is 10.00 Å². The molecule has 0 aliphatic carbocycles. The Morgan fingerprint density at radius 1 is 1.17 bits per heavy atom. The highest BCUT2D eigenvalue weighted by Gasteiger charge is 2.02. The molecule has 23 heavy (non-hydrogen) atoms. The monoisotopic (exact) mass is 307 g/mol. The van der Waals surface area contributed by atoms with Gasteiger partial charge >= 0.3 is 0 Å². The number of hydrogen-bond acceptors (Lipinski definition) is 4. The highest BCUT2D eigenvalue weighted by atomic mass is 16.5. The standard InChI is InChI=1S/C18H17N3O2/c19-12-13-23-17-9-5-4-8-16(17)14-20-21-18(22)11-10-15-6-2-1-3-7-15/h1-9,14H,10-11,13H2,(H,21,22). The maximum atomic E-state index is 11.8. The zero-order chi connectivity index (χ0) is 16.3. The number of rotatable bonds is 7. The van der Waals surface area contributed by atoms with Gasteiger partial charge < -0.3 is 4.74 Å². The molecule has 0 heterocycles. The van der Waals surface area contributed by atoms with E-state index in [-0.39, 0.29) is 12.5 Å². The molecule has 0 aromatic heterocycles. The second kappa shape index (κ2) is 9.00. The van der Waals surface area contributed by atoms with Crippen LogP contribution in [0.3, 0.4) is 0 Å². The number of benzene rings is 2. The number of carbonyl (C=O) groups excluding carboxylic acids is 1. The van der Waals surface area contributed by atoms with Crippen molar-refractivity contribution in [1.82, 2.24) is 5.43 Å². The molecule has 1 N–H and O–H groups in total. The van der Waals surface area contributed by atoms with Gasteiger partial charge in [-0.3, -0.25) is 4.79 Å². The Morgan fingerprint density at radius 2 is 1.91 bits per heavy atom. The van der Waals surface area contributed by atoms with Gasteiger partial charge in [-0.15, -0.1) is 0 Å². The van der Waals surface area contributed by atoms with Crippen molar-refractivity contribution in [3.8, 4) is 11.8 Å². The first-order chi connectivity index (χ1) is 11.3. The molecule has 2 rings (SSSR count). The van der Waals surface area contributed by atoms with Gasteiger partial charge in [-0.1, -0.05) is 42.5 Å². The van der Waals surface area contributed by atoms with Crippen LogP contribution in [-0.2, 0) is 11.2 Å². The zero-order valence-corrected chi connectivity index (χ0v) is 12.6. The topological polar surface area (TPSA) is 74.5 Å². The third kappa shape index (κ3) is 5.64. The van der Waals surface area contributed by atoms with Gasteiger partial charge in [0.2, 0.25) is 5.91 Å². The lowest BCUT2D eigenvalue weighted by Crippen LogP contribution is -2.18. The Balaban J connectivity index is 1.84. The summed E-state index contributed by atoms with van der Waals surface area (Å²) in [4.78, 5) is 11.8. The Labute approximate surface area is 135 Å². The van der Waals surface area contributed by atoms with Gasteiger partial charge in [-0.25, -0.2) is 5.43 Å². The largest absolute Gasteiger partial charge is 0.478 e. The van der Waals surface area contributed by atoms with E-state index in [9.17, 15) is 4.79 Å². The van der Waals surface area contributed by atoms with Crippen molar-refractivity contribution < 1.29 is 9.53 Å². The highest BCUT2D eigenvalue weighted by Crippen LogP contribution is 2.15. The summed E-state index contributed by atoms with van der Waals surface area (Å²) in [5.74, 6) is 0.400. The Morgan fingerprint density at radius 3 is 2.70 bits per heavy atom. The summed E-state index contributed by atoms with van der Waals surface area (Å²) >= 11 is 0. The van der Waals surface area contributed by atoms with Crippen molar-refractivity contribution in [2.24, 2.45) is 5.10 Å². The molecule has 0 bridgehead atoms. The van der Waals surface area contributed by atoms with Crippen LogP contribution in [0.25, 0.3) is 0 Å². The molecular weight excluding hydrogens is 290 g/mol. The molecular formula is C18H17N3O2. The number of hydrazone groups is 1. The average molecular weight is 307 g/mol. The highest BCUT2D eigenvalue weighted by molar-refractivity contribution is 5.85. The predicted octanol–water partition coefficient (Wildman–Crippen LogP) is 2.67. The fourth-order valence-electron chi connectivity index (χ4n) is 1.96. The third-order valence-electron chi connectivity index (χ3n) is 3.09. The molecule has 5 nitrogen and oxygen atoms in total. The summed E-state index contributed by atoms with van der Waals surface area (Å²) in [6, 6.07) is 18.9. The van der Waals surface area contributed by atoms with E-state index in [1.54, 1.807) is 12.1 Å². The molecule has 0 radical (unpaired) electrons. The van der Waals surface area contributed by atoms with Gasteiger partial charge in [0.05, 0.1) is 6.21 Å². The van der Waals surface area contributed by atoms with E-state index < -0.39 is 0 Å². The van der Waals surface area contributed by atoms with Gasteiger partial charge in [0.15, 0.2) is 6.61 Å². The molecule has 0 aliphatic rings. The number of nitrogens with one attached hydrogen (secondary N) is 1. The number of ether oxygens (including phenoxy) is 1. The summed E-state index contributed by atoms with van der Waals surface area (Å²) in [7, 11) is 0. The minimum atomic E-state index is -0.152. The lowest BCUT2D eigenvalue weighted by Gasteiger charge is -2.05. The second-order valence-electron chi connectivity index (χ2n) is 4.76. The second-order valence-corrected chi connectivity index (χ2v) is 4.76. The summed E-state index contributed by atoms with van der Waals surface area (Å²) in [6.07, 6.45) is 2.55. The number of para-hydroxylation sites is 1. The van der Waals surface area contributed by atoms with E-state index in [0.29, 0.717) is 24.2 Å². The van der Waals surface area contributed by atoms with Crippen LogP contribution in [0, 0.1) is 11.3 Å². The number of nitriles is 1. The van der Waals surface area contributed by atoms with Crippen molar-refractivity contribution in [2.45, 2.75) is 12.8 Å². The van der Waals surface area contributed by atoms with Gasteiger partial charge in [-0.05, 0) is 24.1 Å². The van der Waals surface area contributed by atoms with Crippen LogP contribution in [0.15, 0.2) is 59.7 Å². The molecule has 0 atom stereocenters. The van der Waals surface area contributed by atoms with Crippen LogP contribution >= 0.6 is 0 Å². The van der Waals surface area contributed by atoms with Crippen molar-refractivity contribution >= 4 is 12.1 Å². The first-order valence-electron chi connectivity index (χ1n) is 7.24. The fourth-order valence-corrected chi connectivity index (χ4v) is 1.96. The number of hydrogen-bond donors (Lipinski definition) is 1. The minimum absolute atomic E-state index is 0.0334. The SMILES string of the molecule is N#CCOc1ccccc1C=NNC(=O)CCc1ccccc1. The minimum Gasteiger partial charge on any atom is -0.478 e. The molecule has 5 heteroatoms. The molecule has 0 unspecified atom stereocenters. The van der Waals surface area contributed by atoms with E-state index in [1.165, 1.54) is 6.21 Å². The maximum absolute atomic E-state index is 11.8. The van der Waals surface area contributed by atoms with Crippen LogP contribution in [0.2, 0.25) is 0 Å². The molecule has 1 amide bonds. The molecule has 2 aromatic carbocycles. The first-order valence-corrected chi connectivity index (χ1v) is 7.24. The smallest absolute Gasteiger partial charge is 0.240 e. The molecule has 0 saturated heterocycles.